The Morgan fingerprint density at radius 2 is 1.78 bits per heavy atom. The van der Waals surface area contributed by atoms with Gasteiger partial charge in [-0.1, -0.05) is 12.1 Å². The Kier molecular flexibility index (Phi) is 7.29. The lowest BCUT2D eigenvalue weighted by atomic mass is 9.79. The van der Waals surface area contributed by atoms with E-state index in [9.17, 15) is 4.79 Å². The van der Waals surface area contributed by atoms with Crippen molar-refractivity contribution < 1.29 is 18.1 Å². The zero-order valence-electron chi connectivity index (χ0n) is 22.0. The number of carbonyl (C=O) groups excluding carboxylic acids is 1. The maximum Gasteiger partial charge on any atom is 0.317 e. The molecule has 2 amide bonds. The summed E-state index contributed by atoms with van der Waals surface area (Å²) in [5.41, 5.74) is -0.261. The first-order valence-electron chi connectivity index (χ1n) is 13.9. The molecule has 1 N–H and O–H groups in total. The molecule has 8 nitrogen and oxygen atoms in total. The largest absolute Gasteiger partial charge is 0.339 e. The van der Waals surface area contributed by atoms with Crippen molar-refractivity contribution in [3.8, 4) is 0 Å². The highest BCUT2D eigenvalue weighted by Crippen LogP contribution is 2.41. The first-order valence-corrected chi connectivity index (χ1v) is 13.9. The summed E-state index contributed by atoms with van der Waals surface area (Å²) < 4.78 is 35.6. The lowest BCUT2D eigenvalue weighted by Crippen LogP contribution is -2.60. The van der Waals surface area contributed by atoms with Crippen LogP contribution in [0.15, 0.2) is 4.52 Å². The summed E-state index contributed by atoms with van der Waals surface area (Å²) in [4.78, 5) is 24.2. The van der Waals surface area contributed by atoms with Crippen LogP contribution in [0.5, 0.6) is 0 Å². The molecule has 2 saturated carbocycles. The number of amides is 2. The number of carbonyl (C=O) groups is 1. The van der Waals surface area contributed by atoms with Gasteiger partial charge < -0.3 is 19.6 Å². The summed E-state index contributed by atoms with van der Waals surface area (Å²) in [5, 5.41) is 7.01. The minimum Gasteiger partial charge on any atom is -0.339 e. The summed E-state index contributed by atoms with van der Waals surface area (Å²) in [6.07, 6.45) is 4.66. The Balaban J connectivity index is 1.17. The van der Waals surface area contributed by atoms with Gasteiger partial charge in [0.05, 0.1) is 6.04 Å². The zero-order valence-corrected chi connectivity index (χ0v) is 22.0. The van der Waals surface area contributed by atoms with Crippen LogP contribution in [0.1, 0.15) is 83.3 Å². The van der Waals surface area contributed by atoms with E-state index in [-0.39, 0.29) is 23.8 Å². The topological polar surface area (TPSA) is 77.7 Å². The van der Waals surface area contributed by atoms with Crippen molar-refractivity contribution in [3.63, 3.8) is 0 Å². The molecule has 202 valence electrons. The molecule has 0 aromatic carbocycles. The molecule has 1 aromatic rings. The van der Waals surface area contributed by atoms with Gasteiger partial charge in [-0.25, -0.2) is 13.6 Å². The second kappa shape index (κ2) is 10.2. The Hall–Kier alpha value is -1.81. The van der Waals surface area contributed by atoms with Gasteiger partial charge in [-0.2, -0.15) is 4.98 Å². The van der Waals surface area contributed by atoms with E-state index in [2.05, 4.69) is 46.0 Å². The van der Waals surface area contributed by atoms with Crippen LogP contribution >= 0.6 is 0 Å². The molecule has 4 fully saturated rings. The van der Waals surface area contributed by atoms with Crippen molar-refractivity contribution in [2.24, 2.45) is 5.92 Å². The van der Waals surface area contributed by atoms with Crippen molar-refractivity contribution in [1.29, 1.82) is 0 Å². The van der Waals surface area contributed by atoms with Crippen LogP contribution < -0.4 is 5.32 Å². The SMILES string of the molecule is CC(C)N1CCN(C[C@H]2CCCC(F)(F)[C@@H]2NC(=O)N2CCC(C)(c3noc(C4CC4)n3)CC2)CC1. The molecule has 0 spiro atoms. The number of piperidine rings is 1. The van der Waals surface area contributed by atoms with Crippen molar-refractivity contribution in [2.45, 2.75) is 95.1 Å². The van der Waals surface area contributed by atoms with Crippen LogP contribution in [0.4, 0.5) is 13.6 Å². The minimum atomic E-state index is -2.88. The normalized spacial score (nSPS) is 29.4. The molecular formula is C26H42F2N6O2. The van der Waals surface area contributed by atoms with E-state index in [4.69, 9.17) is 4.52 Å². The Labute approximate surface area is 213 Å². The van der Waals surface area contributed by atoms with Crippen LogP contribution in [0.3, 0.4) is 0 Å². The predicted molar refractivity (Wildman–Crippen MR) is 132 cm³/mol. The standard InChI is InChI=1S/C26H42F2N6O2/c1-18(2)33-15-13-32(14-16-33)17-20-5-4-8-26(27,28)21(20)29-24(35)34-11-9-25(3,10-12-34)23-30-22(36-31-23)19-6-7-19/h18-21H,4-17H2,1-3H3,(H,29,35)/t20-,21-/m1/s1. The molecule has 2 aliphatic heterocycles. The van der Waals surface area contributed by atoms with Gasteiger partial charge in [0.15, 0.2) is 5.82 Å². The second-order valence-corrected chi connectivity index (χ2v) is 12.0. The third-order valence-corrected chi connectivity index (χ3v) is 8.98. The smallest absolute Gasteiger partial charge is 0.317 e. The fourth-order valence-corrected chi connectivity index (χ4v) is 6.11. The zero-order chi connectivity index (χ0) is 25.5. The first kappa shape index (κ1) is 25.8. The van der Waals surface area contributed by atoms with Crippen LogP contribution in [-0.2, 0) is 5.41 Å². The minimum absolute atomic E-state index is 0.158. The number of hydrogen-bond donors (Lipinski definition) is 1. The van der Waals surface area contributed by atoms with E-state index in [1.54, 1.807) is 4.90 Å². The number of likely N-dealkylation sites (tertiary alicyclic amines) is 1. The maximum atomic E-state index is 15.1. The number of urea groups is 1. The van der Waals surface area contributed by atoms with Crippen LogP contribution in [0, 0.1) is 5.92 Å². The summed E-state index contributed by atoms with van der Waals surface area (Å²) in [6, 6.07) is -0.983. The molecule has 0 bridgehead atoms. The Morgan fingerprint density at radius 3 is 2.42 bits per heavy atom. The van der Waals surface area contributed by atoms with E-state index in [0.717, 1.165) is 51.3 Å². The predicted octanol–water partition coefficient (Wildman–Crippen LogP) is 3.84. The molecule has 5 rings (SSSR count). The number of rotatable bonds is 6. The van der Waals surface area contributed by atoms with E-state index < -0.39 is 12.0 Å². The van der Waals surface area contributed by atoms with Gasteiger partial charge in [0, 0.05) is 69.6 Å². The number of halogens is 2. The molecule has 2 atom stereocenters. The van der Waals surface area contributed by atoms with E-state index in [1.807, 2.05) is 0 Å². The lowest BCUT2D eigenvalue weighted by Gasteiger charge is -2.44. The highest BCUT2D eigenvalue weighted by Gasteiger charge is 2.49. The maximum absolute atomic E-state index is 15.1. The molecule has 4 aliphatic rings. The van der Waals surface area contributed by atoms with Crippen molar-refractivity contribution >= 4 is 6.03 Å². The molecule has 36 heavy (non-hydrogen) atoms. The molecular weight excluding hydrogens is 466 g/mol. The van der Waals surface area contributed by atoms with Crippen molar-refractivity contribution in [3.05, 3.63) is 11.7 Å². The number of hydrogen-bond acceptors (Lipinski definition) is 6. The van der Waals surface area contributed by atoms with Gasteiger partial charge in [0.1, 0.15) is 0 Å². The van der Waals surface area contributed by atoms with Crippen molar-refractivity contribution in [1.82, 2.24) is 30.2 Å². The Bertz CT molecular complexity index is 904. The van der Waals surface area contributed by atoms with Gasteiger partial charge in [0.25, 0.3) is 5.92 Å². The molecule has 0 radical (unpaired) electrons. The number of alkyl halides is 2. The number of nitrogens with one attached hydrogen (secondary N) is 1. The molecule has 0 unspecified atom stereocenters. The van der Waals surface area contributed by atoms with Gasteiger partial charge in [-0.15, -0.1) is 0 Å². The fourth-order valence-electron chi connectivity index (χ4n) is 6.11. The van der Waals surface area contributed by atoms with E-state index in [0.29, 0.717) is 56.7 Å². The average molecular weight is 509 g/mol. The lowest BCUT2D eigenvalue weighted by molar-refractivity contribution is -0.0875. The second-order valence-electron chi connectivity index (χ2n) is 12.0. The molecule has 2 saturated heterocycles. The number of aromatic nitrogens is 2. The first-order chi connectivity index (χ1) is 17.1. The van der Waals surface area contributed by atoms with Crippen molar-refractivity contribution in [2.75, 3.05) is 45.8 Å². The third-order valence-electron chi connectivity index (χ3n) is 8.98. The number of nitrogens with zero attached hydrogens (tertiary/aromatic N) is 5. The highest BCUT2D eigenvalue weighted by atomic mass is 19.3. The molecule has 2 aliphatic carbocycles. The summed E-state index contributed by atoms with van der Waals surface area (Å²) >= 11 is 0. The Morgan fingerprint density at radius 1 is 1.08 bits per heavy atom. The molecule has 1 aromatic heterocycles. The van der Waals surface area contributed by atoms with Gasteiger partial charge in [-0.3, -0.25) is 4.90 Å². The van der Waals surface area contributed by atoms with Crippen LogP contribution in [0.2, 0.25) is 0 Å². The highest BCUT2D eigenvalue weighted by molar-refractivity contribution is 5.75. The van der Waals surface area contributed by atoms with E-state index >= 15 is 8.78 Å². The van der Waals surface area contributed by atoms with Gasteiger partial charge >= 0.3 is 6.03 Å². The fraction of sp³-hybridized carbons (Fsp3) is 0.885. The summed E-state index contributed by atoms with van der Waals surface area (Å²) in [5.74, 6) is -1.28. The van der Waals surface area contributed by atoms with Gasteiger partial charge in [0.2, 0.25) is 5.89 Å². The quantitative estimate of drug-likeness (QED) is 0.629. The third kappa shape index (κ3) is 5.54. The van der Waals surface area contributed by atoms with Crippen LogP contribution in [0.25, 0.3) is 0 Å². The average Bonchev–Trinajstić information content (AvgIpc) is 3.57. The number of piperazine rings is 1. The summed E-state index contributed by atoms with van der Waals surface area (Å²) in [7, 11) is 0. The monoisotopic (exact) mass is 508 g/mol. The van der Waals surface area contributed by atoms with Gasteiger partial charge in [-0.05, 0) is 58.3 Å². The van der Waals surface area contributed by atoms with E-state index in [1.165, 1.54) is 0 Å². The van der Waals surface area contributed by atoms with Crippen LogP contribution in [-0.4, -0.2) is 94.7 Å². The molecule has 10 heteroatoms. The molecule has 3 heterocycles. The summed E-state index contributed by atoms with van der Waals surface area (Å²) in [6.45, 7) is 11.8.